The molecule has 2 saturated heterocycles. The van der Waals surface area contributed by atoms with Crippen LogP contribution in [0.2, 0.25) is 0 Å². The number of carbonyl (C=O) groups excluding carboxylic acids is 1. The van der Waals surface area contributed by atoms with E-state index in [1.54, 1.807) is 0 Å². The molecule has 180 valence electrons. The molecule has 2 aliphatic heterocycles. The number of rotatable bonds is 5. The third kappa shape index (κ3) is 4.67. The average molecular weight is 464 g/mol. The minimum atomic E-state index is -0.219. The van der Waals surface area contributed by atoms with E-state index < -0.39 is 0 Å². The summed E-state index contributed by atoms with van der Waals surface area (Å²) in [6.07, 6.45) is 1.99. The first kappa shape index (κ1) is 22.8. The van der Waals surface area contributed by atoms with E-state index in [-0.39, 0.29) is 17.6 Å². The lowest BCUT2D eigenvalue weighted by molar-refractivity contribution is -0.137. The lowest BCUT2D eigenvalue weighted by atomic mass is 9.96. The molecule has 0 bridgehead atoms. The topological polar surface area (TPSA) is 44.6 Å². The van der Waals surface area contributed by atoms with Crippen LogP contribution in [0.4, 0.5) is 10.1 Å². The summed E-state index contributed by atoms with van der Waals surface area (Å²) in [5.74, 6) is 1.18. The molecule has 0 radical (unpaired) electrons. The SMILES string of the molecule is CC(C)n1c(CN2CCC[C@@H](C(=O)N3CCN(c4ccc(F)cc4)CC3)C2)nc2ccccc21. The smallest absolute Gasteiger partial charge is 0.227 e. The fraction of sp³-hybridized carbons (Fsp3) is 0.481. The van der Waals surface area contributed by atoms with Gasteiger partial charge in [-0.05, 0) is 69.6 Å². The third-order valence-corrected chi connectivity index (χ3v) is 7.19. The summed E-state index contributed by atoms with van der Waals surface area (Å²) in [7, 11) is 0. The molecule has 3 heterocycles. The quantitative estimate of drug-likeness (QED) is 0.565. The van der Waals surface area contributed by atoms with Crippen LogP contribution in [-0.4, -0.2) is 64.5 Å². The Morgan fingerprint density at radius 2 is 1.76 bits per heavy atom. The number of anilines is 1. The molecule has 2 aromatic carbocycles. The summed E-state index contributed by atoms with van der Waals surface area (Å²) < 4.78 is 15.6. The van der Waals surface area contributed by atoms with E-state index in [0.29, 0.717) is 6.04 Å². The number of carbonyl (C=O) groups is 1. The number of halogens is 1. The molecule has 1 atom stereocenters. The number of hydrogen-bond donors (Lipinski definition) is 0. The van der Waals surface area contributed by atoms with E-state index in [1.165, 1.54) is 17.6 Å². The average Bonchev–Trinajstić information content (AvgIpc) is 3.22. The summed E-state index contributed by atoms with van der Waals surface area (Å²) >= 11 is 0. The highest BCUT2D eigenvalue weighted by atomic mass is 19.1. The Bertz CT molecular complexity index is 1130. The van der Waals surface area contributed by atoms with Crippen LogP contribution in [0.25, 0.3) is 11.0 Å². The van der Waals surface area contributed by atoms with Crippen molar-refractivity contribution in [3.8, 4) is 0 Å². The Morgan fingerprint density at radius 3 is 2.50 bits per heavy atom. The number of nitrogens with zero attached hydrogens (tertiary/aromatic N) is 5. The Hall–Kier alpha value is -2.93. The van der Waals surface area contributed by atoms with Crippen molar-refractivity contribution in [1.82, 2.24) is 19.4 Å². The van der Waals surface area contributed by atoms with Crippen molar-refractivity contribution in [2.24, 2.45) is 5.92 Å². The van der Waals surface area contributed by atoms with Gasteiger partial charge in [-0.25, -0.2) is 9.37 Å². The van der Waals surface area contributed by atoms with Gasteiger partial charge in [-0.15, -0.1) is 0 Å². The van der Waals surface area contributed by atoms with Crippen LogP contribution in [-0.2, 0) is 11.3 Å². The molecule has 0 N–H and O–H groups in total. The van der Waals surface area contributed by atoms with Gasteiger partial charge in [-0.1, -0.05) is 12.1 Å². The van der Waals surface area contributed by atoms with Gasteiger partial charge in [0.1, 0.15) is 11.6 Å². The van der Waals surface area contributed by atoms with Gasteiger partial charge in [0.25, 0.3) is 0 Å². The van der Waals surface area contributed by atoms with Crippen LogP contribution >= 0.6 is 0 Å². The van der Waals surface area contributed by atoms with Gasteiger partial charge in [0.15, 0.2) is 0 Å². The molecule has 1 aromatic heterocycles. The van der Waals surface area contributed by atoms with Crippen molar-refractivity contribution >= 4 is 22.6 Å². The lowest BCUT2D eigenvalue weighted by Gasteiger charge is -2.39. The summed E-state index contributed by atoms with van der Waals surface area (Å²) in [4.78, 5) is 25.0. The highest BCUT2D eigenvalue weighted by Gasteiger charge is 2.31. The molecule has 3 aromatic rings. The standard InChI is InChI=1S/C27H34FN5O/c1-20(2)33-25-8-4-3-7-24(25)29-26(33)19-30-13-5-6-21(18-30)27(34)32-16-14-31(15-17-32)23-11-9-22(28)10-12-23/h3-4,7-12,20-21H,5-6,13-19H2,1-2H3/t21-/m1/s1. The van der Waals surface area contributed by atoms with Crippen LogP contribution in [0.15, 0.2) is 48.5 Å². The Morgan fingerprint density at radius 1 is 1.03 bits per heavy atom. The van der Waals surface area contributed by atoms with Gasteiger partial charge >= 0.3 is 0 Å². The van der Waals surface area contributed by atoms with Gasteiger partial charge in [0.05, 0.1) is 23.5 Å². The van der Waals surface area contributed by atoms with Crippen LogP contribution in [0.5, 0.6) is 0 Å². The second-order valence-electron chi connectivity index (χ2n) is 9.84. The molecule has 0 spiro atoms. The Kier molecular flexibility index (Phi) is 6.55. The molecule has 5 rings (SSSR count). The van der Waals surface area contributed by atoms with Crippen molar-refractivity contribution in [2.45, 2.75) is 39.3 Å². The molecule has 0 unspecified atom stereocenters. The van der Waals surface area contributed by atoms with E-state index >= 15 is 0 Å². The van der Waals surface area contributed by atoms with Crippen molar-refractivity contribution in [3.05, 3.63) is 60.2 Å². The predicted octanol–water partition coefficient (Wildman–Crippen LogP) is 4.32. The molecule has 2 aliphatic rings. The van der Waals surface area contributed by atoms with Crippen molar-refractivity contribution in [1.29, 1.82) is 0 Å². The van der Waals surface area contributed by atoms with Crippen LogP contribution in [0.1, 0.15) is 38.6 Å². The summed E-state index contributed by atoms with van der Waals surface area (Å²) in [6.45, 7) is 9.97. The van der Waals surface area contributed by atoms with E-state index in [4.69, 9.17) is 4.98 Å². The zero-order valence-corrected chi connectivity index (χ0v) is 20.2. The summed E-state index contributed by atoms with van der Waals surface area (Å²) in [5.41, 5.74) is 3.23. The fourth-order valence-corrected chi connectivity index (χ4v) is 5.48. The Balaban J connectivity index is 1.21. The number of para-hydroxylation sites is 2. The summed E-state index contributed by atoms with van der Waals surface area (Å²) in [6, 6.07) is 15.3. The van der Waals surface area contributed by atoms with E-state index in [2.05, 4.69) is 46.4 Å². The predicted molar refractivity (Wildman–Crippen MR) is 133 cm³/mol. The maximum absolute atomic E-state index is 13.4. The molecule has 34 heavy (non-hydrogen) atoms. The van der Waals surface area contributed by atoms with E-state index in [1.807, 2.05) is 23.1 Å². The number of piperazine rings is 1. The highest BCUT2D eigenvalue weighted by Crippen LogP contribution is 2.26. The van der Waals surface area contributed by atoms with E-state index in [0.717, 1.165) is 75.7 Å². The number of hydrogen-bond acceptors (Lipinski definition) is 4. The number of piperidine rings is 1. The Labute approximate surface area is 201 Å². The molecule has 0 aliphatic carbocycles. The second kappa shape index (κ2) is 9.74. The molecule has 6 nitrogen and oxygen atoms in total. The highest BCUT2D eigenvalue weighted by molar-refractivity contribution is 5.79. The normalized spacial score (nSPS) is 19.8. The molecular formula is C27H34FN5O. The van der Waals surface area contributed by atoms with E-state index in [9.17, 15) is 9.18 Å². The van der Waals surface area contributed by atoms with Gasteiger partial charge in [0, 0.05) is 44.5 Å². The summed E-state index contributed by atoms with van der Waals surface area (Å²) in [5, 5.41) is 0. The van der Waals surface area contributed by atoms with Crippen molar-refractivity contribution < 1.29 is 9.18 Å². The fourth-order valence-electron chi connectivity index (χ4n) is 5.48. The first-order valence-corrected chi connectivity index (χ1v) is 12.5. The second-order valence-corrected chi connectivity index (χ2v) is 9.84. The zero-order valence-electron chi connectivity index (χ0n) is 20.2. The molecular weight excluding hydrogens is 429 g/mol. The van der Waals surface area contributed by atoms with Crippen molar-refractivity contribution in [2.75, 3.05) is 44.2 Å². The number of fused-ring (bicyclic) bond motifs is 1. The number of amides is 1. The van der Waals surface area contributed by atoms with Gasteiger partial charge in [-0.3, -0.25) is 9.69 Å². The zero-order chi connectivity index (χ0) is 23.7. The van der Waals surface area contributed by atoms with Crippen LogP contribution in [0, 0.1) is 11.7 Å². The first-order chi connectivity index (χ1) is 16.5. The minimum absolute atomic E-state index is 0.0444. The maximum Gasteiger partial charge on any atom is 0.227 e. The number of likely N-dealkylation sites (tertiary alicyclic amines) is 1. The number of aromatic nitrogens is 2. The van der Waals surface area contributed by atoms with Crippen molar-refractivity contribution in [3.63, 3.8) is 0 Å². The molecule has 0 saturated carbocycles. The monoisotopic (exact) mass is 463 g/mol. The van der Waals surface area contributed by atoms with Gasteiger partial charge in [0.2, 0.25) is 5.91 Å². The number of imidazole rings is 1. The van der Waals surface area contributed by atoms with Gasteiger partial charge in [-0.2, -0.15) is 0 Å². The van der Waals surface area contributed by atoms with Crippen LogP contribution in [0.3, 0.4) is 0 Å². The van der Waals surface area contributed by atoms with Gasteiger partial charge < -0.3 is 14.4 Å². The molecule has 2 fully saturated rings. The lowest BCUT2D eigenvalue weighted by Crippen LogP contribution is -2.52. The minimum Gasteiger partial charge on any atom is -0.368 e. The third-order valence-electron chi connectivity index (χ3n) is 7.19. The maximum atomic E-state index is 13.4. The molecule has 1 amide bonds. The molecule has 7 heteroatoms. The first-order valence-electron chi connectivity index (χ1n) is 12.5. The van der Waals surface area contributed by atoms with Crippen LogP contribution < -0.4 is 4.90 Å². The number of benzene rings is 2. The largest absolute Gasteiger partial charge is 0.368 e.